The predicted molar refractivity (Wildman–Crippen MR) is 77.4 cm³/mol. The third-order valence-electron chi connectivity index (χ3n) is 3.87. The molecule has 18 heavy (non-hydrogen) atoms. The molecule has 0 aromatic heterocycles. The van der Waals surface area contributed by atoms with E-state index in [2.05, 4.69) is 31.3 Å². The third-order valence-corrected chi connectivity index (χ3v) is 5.65. The summed E-state index contributed by atoms with van der Waals surface area (Å²) in [6.07, 6.45) is 3.26. The molecule has 0 saturated heterocycles. The van der Waals surface area contributed by atoms with Crippen LogP contribution in [0.1, 0.15) is 44.6 Å². The van der Waals surface area contributed by atoms with E-state index in [1.807, 2.05) is 19.2 Å². The highest BCUT2D eigenvalue weighted by Crippen LogP contribution is 2.27. The Hall–Kier alpha value is -0.670. The minimum atomic E-state index is -0.843. The first-order valence-electron chi connectivity index (χ1n) is 6.79. The van der Waals surface area contributed by atoms with Crippen LogP contribution in [-0.4, -0.2) is 22.5 Å². The Labute approximate surface area is 113 Å². The average Bonchev–Trinajstić information content (AvgIpc) is 2.86. The minimum Gasteiger partial charge on any atom is -0.317 e. The van der Waals surface area contributed by atoms with Crippen LogP contribution in [0.3, 0.4) is 0 Å². The van der Waals surface area contributed by atoms with Crippen molar-refractivity contribution in [1.82, 2.24) is 5.32 Å². The standard InChI is InChI=1S/C15H23NOS/c1-11(2)12-4-7-14(8-5-12)18(17)15-9-6-13(10-15)16-3/h4-5,7-8,11,13,15-16H,6,9-10H2,1-3H3. The van der Waals surface area contributed by atoms with Crippen LogP contribution < -0.4 is 5.32 Å². The summed E-state index contributed by atoms with van der Waals surface area (Å²) in [6.45, 7) is 4.36. The molecule has 2 rings (SSSR count). The fraction of sp³-hybridized carbons (Fsp3) is 0.600. The molecule has 0 amide bonds. The van der Waals surface area contributed by atoms with Crippen molar-refractivity contribution in [2.45, 2.75) is 55.2 Å². The van der Waals surface area contributed by atoms with E-state index >= 15 is 0 Å². The van der Waals surface area contributed by atoms with Crippen LogP contribution in [0.25, 0.3) is 0 Å². The number of rotatable bonds is 4. The van der Waals surface area contributed by atoms with Gasteiger partial charge in [0.2, 0.25) is 0 Å². The van der Waals surface area contributed by atoms with Crippen LogP contribution in [0, 0.1) is 0 Å². The first kappa shape index (κ1) is 13.8. The van der Waals surface area contributed by atoms with E-state index in [1.165, 1.54) is 5.56 Å². The molecule has 1 aliphatic rings. The van der Waals surface area contributed by atoms with Crippen LogP contribution in [0.4, 0.5) is 0 Å². The van der Waals surface area contributed by atoms with Gasteiger partial charge in [0.15, 0.2) is 0 Å². The van der Waals surface area contributed by atoms with Gasteiger partial charge in [-0.1, -0.05) is 26.0 Å². The first-order valence-corrected chi connectivity index (χ1v) is 8.01. The second-order valence-corrected chi connectivity index (χ2v) is 7.17. The quantitative estimate of drug-likeness (QED) is 0.906. The van der Waals surface area contributed by atoms with Gasteiger partial charge in [0.05, 0.1) is 10.8 Å². The summed E-state index contributed by atoms with van der Waals surface area (Å²) < 4.78 is 12.5. The lowest BCUT2D eigenvalue weighted by atomic mass is 10.0. The van der Waals surface area contributed by atoms with Crippen LogP contribution in [-0.2, 0) is 10.8 Å². The zero-order chi connectivity index (χ0) is 13.1. The van der Waals surface area contributed by atoms with Crippen LogP contribution >= 0.6 is 0 Å². The Kier molecular flexibility index (Phi) is 4.57. The van der Waals surface area contributed by atoms with E-state index in [1.54, 1.807) is 0 Å². The van der Waals surface area contributed by atoms with Gasteiger partial charge >= 0.3 is 0 Å². The molecule has 1 fully saturated rings. The lowest BCUT2D eigenvalue weighted by molar-refractivity contribution is 0.581. The molecule has 0 spiro atoms. The smallest absolute Gasteiger partial charge is 0.0561 e. The normalized spacial score (nSPS) is 25.6. The lowest BCUT2D eigenvalue weighted by Crippen LogP contribution is -2.23. The molecule has 0 aliphatic heterocycles. The molecule has 1 N–H and O–H groups in total. The van der Waals surface area contributed by atoms with Crippen molar-refractivity contribution < 1.29 is 4.21 Å². The van der Waals surface area contributed by atoms with Gasteiger partial charge in [0.1, 0.15) is 0 Å². The summed E-state index contributed by atoms with van der Waals surface area (Å²) in [5.41, 5.74) is 1.32. The fourth-order valence-electron chi connectivity index (χ4n) is 2.58. The Morgan fingerprint density at radius 3 is 2.39 bits per heavy atom. The van der Waals surface area contributed by atoms with Gasteiger partial charge in [-0.15, -0.1) is 0 Å². The monoisotopic (exact) mass is 265 g/mol. The van der Waals surface area contributed by atoms with Crippen LogP contribution in [0.5, 0.6) is 0 Å². The Balaban J connectivity index is 2.05. The molecule has 3 unspecified atom stereocenters. The minimum absolute atomic E-state index is 0.326. The second kappa shape index (κ2) is 5.98. The topological polar surface area (TPSA) is 29.1 Å². The van der Waals surface area contributed by atoms with Crippen LogP contribution in [0.15, 0.2) is 29.2 Å². The average molecular weight is 265 g/mol. The number of benzene rings is 1. The SMILES string of the molecule is CNC1CCC(S(=O)c2ccc(C(C)C)cc2)C1. The lowest BCUT2D eigenvalue weighted by Gasteiger charge is -2.12. The summed E-state index contributed by atoms with van der Waals surface area (Å²) in [7, 11) is 1.15. The number of nitrogens with one attached hydrogen (secondary N) is 1. The van der Waals surface area contributed by atoms with Crippen LogP contribution in [0.2, 0.25) is 0 Å². The molecule has 1 aromatic carbocycles. The van der Waals surface area contributed by atoms with Crippen molar-refractivity contribution in [2.75, 3.05) is 7.05 Å². The Bertz CT molecular complexity index is 413. The maximum atomic E-state index is 12.5. The maximum Gasteiger partial charge on any atom is 0.0561 e. The predicted octanol–water partition coefficient (Wildman–Crippen LogP) is 3.06. The van der Waals surface area contributed by atoms with E-state index in [9.17, 15) is 4.21 Å². The molecular weight excluding hydrogens is 242 g/mol. The Morgan fingerprint density at radius 2 is 1.89 bits per heavy atom. The van der Waals surface area contributed by atoms with Gasteiger partial charge in [0.25, 0.3) is 0 Å². The summed E-state index contributed by atoms with van der Waals surface area (Å²) in [6, 6.07) is 8.86. The van der Waals surface area contributed by atoms with E-state index in [0.29, 0.717) is 17.2 Å². The highest BCUT2D eigenvalue weighted by atomic mass is 32.2. The molecule has 1 aromatic rings. The summed E-state index contributed by atoms with van der Waals surface area (Å²) in [5, 5.41) is 3.62. The van der Waals surface area contributed by atoms with Crippen molar-refractivity contribution in [3.8, 4) is 0 Å². The van der Waals surface area contributed by atoms with Crippen molar-refractivity contribution in [1.29, 1.82) is 0 Å². The van der Waals surface area contributed by atoms with Crippen molar-refractivity contribution in [3.63, 3.8) is 0 Å². The first-order chi connectivity index (χ1) is 8.61. The highest BCUT2D eigenvalue weighted by Gasteiger charge is 2.28. The fourth-order valence-corrected chi connectivity index (χ4v) is 4.12. The van der Waals surface area contributed by atoms with Crippen molar-refractivity contribution in [2.24, 2.45) is 0 Å². The molecule has 0 bridgehead atoms. The third kappa shape index (κ3) is 3.01. The molecule has 3 heteroatoms. The number of hydrogen-bond donors (Lipinski definition) is 1. The van der Waals surface area contributed by atoms with Gasteiger partial charge in [-0.25, -0.2) is 0 Å². The van der Waals surface area contributed by atoms with E-state index < -0.39 is 10.8 Å². The Morgan fingerprint density at radius 1 is 1.22 bits per heavy atom. The molecule has 100 valence electrons. The molecule has 0 heterocycles. The van der Waals surface area contributed by atoms with Gasteiger partial charge < -0.3 is 5.32 Å². The number of hydrogen-bond acceptors (Lipinski definition) is 2. The van der Waals surface area contributed by atoms with E-state index in [4.69, 9.17) is 0 Å². The summed E-state index contributed by atoms with van der Waals surface area (Å²) in [5.74, 6) is 0.535. The van der Waals surface area contributed by atoms with Gasteiger partial charge in [0, 0.05) is 16.2 Å². The van der Waals surface area contributed by atoms with Gasteiger partial charge in [-0.2, -0.15) is 0 Å². The molecule has 2 nitrogen and oxygen atoms in total. The van der Waals surface area contributed by atoms with Crippen molar-refractivity contribution in [3.05, 3.63) is 29.8 Å². The zero-order valence-electron chi connectivity index (χ0n) is 11.5. The highest BCUT2D eigenvalue weighted by molar-refractivity contribution is 7.85. The molecule has 1 aliphatic carbocycles. The summed E-state index contributed by atoms with van der Waals surface area (Å²) >= 11 is 0. The van der Waals surface area contributed by atoms with Gasteiger partial charge in [-0.3, -0.25) is 4.21 Å². The maximum absolute atomic E-state index is 12.5. The van der Waals surface area contributed by atoms with E-state index in [-0.39, 0.29) is 0 Å². The largest absolute Gasteiger partial charge is 0.317 e. The molecule has 0 radical (unpaired) electrons. The summed E-state index contributed by atoms with van der Waals surface area (Å²) in [4.78, 5) is 0.987. The molecular formula is C15H23NOS. The van der Waals surface area contributed by atoms with Gasteiger partial charge in [-0.05, 0) is 49.9 Å². The second-order valence-electron chi connectivity index (χ2n) is 5.44. The molecule has 3 atom stereocenters. The molecule has 1 saturated carbocycles. The zero-order valence-corrected chi connectivity index (χ0v) is 12.3. The van der Waals surface area contributed by atoms with Crippen molar-refractivity contribution >= 4 is 10.8 Å². The van der Waals surface area contributed by atoms with E-state index in [0.717, 1.165) is 24.2 Å².